The Labute approximate surface area is 169 Å². The van der Waals surface area contributed by atoms with Gasteiger partial charge in [0.15, 0.2) is 23.5 Å². The summed E-state index contributed by atoms with van der Waals surface area (Å²) < 4.78 is 5.48. The lowest BCUT2D eigenvalue weighted by molar-refractivity contribution is -0.113. The normalized spacial score (nSPS) is 21.8. The Morgan fingerprint density at radius 1 is 1.34 bits per heavy atom. The molecule has 5 rings (SSSR count). The summed E-state index contributed by atoms with van der Waals surface area (Å²) in [4.78, 5) is 39.3. The summed E-state index contributed by atoms with van der Waals surface area (Å²) in [6.07, 6.45) is 4.89. The summed E-state index contributed by atoms with van der Waals surface area (Å²) in [6, 6.07) is 6.26. The van der Waals surface area contributed by atoms with Crippen molar-refractivity contribution in [2.45, 2.75) is 58.5 Å². The van der Waals surface area contributed by atoms with E-state index >= 15 is 0 Å². The molecule has 3 heterocycles. The van der Waals surface area contributed by atoms with E-state index in [1.54, 1.807) is 6.08 Å². The third-order valence-electron chi connectivity index (χ3n) is 5.21. The topological polar surface area (TPSA) is 88.1 Å². The second-order valence-electron chi connectivity index (χ2n) is 7.14. The monoisotopic (exact) mass is 392 g/mol. The molecule has 7 heteroatoms. The average Bonchev–Trinajstić information content (AvgIpc) is 3.32. The van der Waals surface area contributed by atoms with Crippen LogP contribution in [0.5, 0.6) is 0 Å². The summed E-state index contributed by atoms with van der Waals surface area (Å²) >= 11 is 0. The van der Waals surface area contributed by atoms with Gasteiger partial charge in [0.2, 0.25) is 5.96 Å². The van der Waals surface area contributed by atoms with Gasteiger partial charge in [-0.25, -0.2) is 15.0 Å². The Morgan fingerprint density at radius 2 is 2.17 bits per heavy atom. The van der Waals surface area contributed by atoms with Crippen LogP contribution < -0.4 is 0 Å². The van der Waals surface area contributed by atoms with Gasteiger partial charge in [-0.05, 0) is 30.5 Å². The molecule has 0 radical (unpaired) electrons. The Hall–Kier alpha value is -3.09. The lowest BCUT2D eigenvalue weighted by atomic mass is 10.0. The van der Waals surface area contributed by atoms with Crippen molar-refractivity contribution in [1.82, 2.24) is 9.88 Å². The molecule has 0 spiro atoms. The van der Waals surface area contributed by atoms with E-state index in [1.165, 1.54) is 0 Å². The molecule has 1 aromatic carbocycles. The number of benzene rings is 1. The quantitative estimate of drug-likeness (QED) is 0.728. The summed E-state index contributed by atoms with van der Waals surface area (Å²) in [5.41, 5.74) is 3.62. The molecule has 0 amide bonds. The Kier molecular flexibility index (Phi) is 5.13. The highest BCUT2D eigenvalue weighted by molar-refractivity contribution is 6.42. The first-order chi connectivity index (χ1) is 14.1. The first kappa shape index (κ1) is 19.2. The predicted molar refractivity (Wildman–Crippen MR) is 111 cm³/mol. The Balaban J connectivity index is 0.000000994. The highest BCUT2D eigenvalue weighted by Crippen LogP contribution is 2.40. The SMILES string of the molecule is CC.Cc1nc2cc(CCC(=O)C3=NC4=NC5CC5N4C(C=O)=CC3)ccc2o1. The molecule has 2 atom stereocenters. The van der Waals surface area contributed by atoms with Crippen molar-refractivity contribution in [1.29, 1.82) is 0 Å². The molecule has 2 aliphatic heterocycles. The van der Waals surface area contributed by atoms with E-state index in [0.29, 0.717) is 42.5 Å². The zero-order chi connectivity index (χ0) is 20.5. The van der Waals surface area contributed by atoms with E-state index in [0.717, 1.165) is 29.4 Å². The van der Waals surface area contributed by atoms with Gasteiger partial charge in [0.1, 0.15) is 5.52 Å². The van der Waals surface area contributed by atoms with E-state index in [4.69, 9.17) is 4.42 Å². The fourth-order valence-electron chi connectivity index (χ4n) is 3.73. The summed E-state index contributed by atoms with van der Waals surface area (Å²) in [5.74, 6) is 1.12. The van der Waals surface area contributed by atoms with Crippen LogP contribution >= 0.6 is 0 Å². The predicted octanol–water partition coefficient (Wildman–Crippen LogP) is 3.40. The van der Waals surface area contributed by atoms with Gasteiger partial charge in [0.25, 0.3) is 0 Å². The van der Waals surface area contributed by atoms with Gasteiger partial charge in [-0.3, -0.25) is 9.59 Å². The summed E-state index contributed by atoms with van der Waals surface area (Å²) in [5, 5.41) is 0. The van der Waals surface area contributed by atoms with Gasteiger partial charge in [0.05, 0.1) is 23.5 Å². The number of ketones is 1. The number of allylic oxidation sites excluding steroid dienone is 2. The molecule has 0 saturated heterocycles. The van der Waals surface area contributed by atoms with Crippen molar-refractivity contribution < 1.29 is 14.0 Å². The molecule has 1 saturated carbocycles. The fourth-order valence-corrected chi connectivity index (χ4v) is 3.73. The zero-order valence-electron chi connectivity index (χ0n) is 16.9. The van der Waals surface area contributed by atoms with Gasteiger partial charge in [-0.15, -0.1) is 0 Å². The second-order valence-corrected chi connectivity index (χ2v) is 7.14. The minimum Gasteiger partial charge on any atom is -0.441 e. The largest absolute Gasteiger partial charge is 0.441 e. The minimum absolute atomic E-state index is 0.0157. The molecule has 1 aliphatic carbocycles. The fraction of sp³-hybridized carbons (Fsp3) is 0.409. The summed E-state index contributed by atoms with van der Waals surface area (Å²) in [6.45, 7) is 5.81. The number of rotatable bonds is 5. The maximum atomic E-state index is 12.7. The molecular weight excluding hydrogens is 368 g/mol. The van der Waals surface area contributed by atoms with Crippen molar-refractivity contribution in [3.8, 4) is 0 Å². The number of carbonyl (C=O) groups excluding carboxylic acids is 2. The van der Waals surface area contributed by atoms with E-state index in [2.05, 4.69) is 15.0 Å². The van der Waals surface area contributed by atoms with Crippen molar-refractivity contribution in [3.63, 3.8) is 0 Å². The molecule has 0 N–H and O–H groups in total. The highest BCUT2D eigenvalue weighted by atomic mass is 16.3. The van der Waals surface area contributed by atoms with Gasteiger partial charge in [0, 0.05) is 19.8 Å². The van der Waals surface area contributed by atoms with Crippen molar-refractivity contribution >= 4 is 34.8 Å². The van der Waals surface area contributed by atoms with Gasteiger partial charge in [-0.2, -0.15) is 0 Å². The number of hydrogen-bond acceptors (Lipinski definition) is 7. The maximum Gasteiger partial charge on any atom is 0.226 e. The van der Waals surface area contributed by atoms with Crippen molar-refractivity contribution in [3.05, 3.63) is 41.4 Å². The van der Waals surface area contributed by atoms with E-state index < -0.39 is 0 Å². The Bertz CT molecular complexity index is 1060. The number of aliphatic imine (C=N–C) groups is 2. The third-order valence-corrected chi connectivity index (χ3v) is 5.21. The number of aryl methyl sites for hydroxylation is 2. The van der Waals surface area contributed by atoms with Gasteiger partial charge < -0.3 is 9.32 Å². The Morgan fingerprint density at radius 3 is 2.97 bits per heavy atom. The first-order valence-electron chi connectivity index (χ1n) is 10.1. The average molecular weight is 392 g/mol. The minimum atomic E-state index is -0.0157. The molecule has 29 heavy (non-hydrogen) atoms. The lowest BCUT2D eigenvalue weighted by Gasteiger charge is -2.17. The standard InChI is InChI=1S/C20H18N4O3.C2H6/c1-11-21-16-8-12(3-7-19(16)27-11)2-6-18(26)14-5-4-13(10-25)24-17-9-15(17)23-20(24)22-14;1-2/h3-4,7-8,10,15,17H,2,5-6,9H2,1H3;1-2H3. The number of carbonyl (C=O) groups is 2. The van der Waals surface area contributed by atoms with Crippen LogP contribution in [0.4, 0.5) is 0 Å². The van der Waals surface area contributed by atoms with Crippen LogP contribution in [-0.4, -0.2) is 45.7 Å². The van der Waals surface area contributed by atoms with E-state index in [1.807, 2.05) is 43.9 Å². The van der Waals surface area contributed by atoms with Crippen LogP contribution in [0.2, 0.25) is 0 Å². The number of Topliss-reactive ketones (excluding diaryl/α,β-unsaturated/α-hetero) is 1. The van der Waals surface area contributed by atoms with Crippen LogP contribution in [0.1, 0.15) is 44.6 Å². The molecular formula is C22H24N4O3. The number of fused-ring (bicyclic) bond motifs is 4. The number of aldehydes is 1. The molecule has 1 fully saturated rings. The molecule has 3 aliphatic rings. The van der Waals surface area contributed by atoms with Crippen LogP contribution in [0.3, 0.4) is 0 Å². The van der Waals surface area contributed by atoms with Gasteiger partial charge >= 0.3 is 0 Å². The maximum absolute atomic E-state index is 12.7. The molecule has 2 aromatic rings. The first-order valence-corrected chi connectivity index (χ1v) is 10.1. The number of oxazole rings is 1. The van der Waals surface area contributed by atoms with E-state index in [-0.39, 0.29) is 17.9 Å². The third kappa shape index (κ3) is 3.64. The zero-order valence-corrected chi connectivity index (χ0v) is 16.9. The van der Waals surface area contributed by atoms with Crippen LogP contribution in [-0.2, 0) is 16.0 Å². The molecule has 2 unspecified atom stereocenters. The number of hydrogen-bond donors (Lipinski definition) is 0. The molecule has 150 valence electrons. The molecule has 0 bridgehead atoms. The van der Waals surface area contributed by atoms with Crippen LogP contribution in [0.15, 0.2) is 44.4 Å². The number of guanidine groups is 1. The van der Waals surface area contributed by atoms with E-state index in [9.17, 15) is 9.59 Å². The van der Waals surface area contributed by atoms with Crippen molar-refractivity contribution in [2.24, 2.45) is 9.98 Å². The molecule has 7 nitrogen and oxygen atoms in total. The van der Waals surface area contributed by atoms with Gasteiger partial charge in [-0.1, -0.05) is 26.0 Å². The smallest absolute Gasteiger partial charge is 0.226 e. The number of aromatic nitrogens is 1. The number of nitrogens with zero attached hydrogens (tertiary/aromatic N) is 4. The van der Waals surface area contributed by atoms with Crippen molar-refractivity contribution in [2.75, 3.05) is 0 Å². The second kappa shape index (κ2) is 7.73. The summed E-state index contributed by atoms with van der Waals surface area (Å²) in [7, 11) is 0. The lowest BCUT2D eigenvalue weighted by Crippen LogP contribution is -2.29. The van der Waals surface area contributed by atoms with Crippen LogP contribution in [0, 0.1) is 6.92 Å². The highest BCUT2D eigenvalue weighted by Gasteiger charge is 2.50. The van der Waals surface area contributed by atoms with Crippen LogP contribution in [0.25, 0.3) is 11.1 Å². The molecule has 1 aromatic heterocycles.